The van der Waals surface area contributed by atoms with Gasteiger partial charge in [-0.1, -0.05) is 19.1 Å². The summed E-state index contributed by atoms with van der Waals surface area (Å²) in [5, 5.41) is 21.7. The van der Waals surface area contributed by atoms with E-state index < -0.39 is 11.5 Å². The number of rotatable bonds is 8. The minimum absolute atomic E-state index is 0.0584. The van der Waals surface area contributed by atoms with Crippen LogP contribution in [0.2, 0.25) is 0 Å². The summed E-state index contributed by atoms with van der Waals surface area (Å²) in [6, 6.07) is 7.08. The zero-order chi connectivity index (χ0) is 14.6. The van der Waals surface area contributed by atoms with E-state index in [1.54, 1.807) is 24.3 Å². The number of hydrogen-bond donors (Lipinski definition) is 3. The fourth-order valence-corrected chi connectivity index (χ4v) is 2.45. The van der Waals surface area contributed by atoms with Gasteiger partial charge in [0.05, 0.1) is 6.61 Å². The van der Waals surface area contributed by atoms with Crippen molar-refractivity contribution in [3.8, 4) is 5.75 Å². The SMILES string of the molecule is CCNC(COc1cccc(CO)c1)(C(=O)O)C1CC1. The third kappa shape index (κ3) is 3.11. The van der Waals surface area contributed by atoms with Gasteiger partial charge in [-0.15, -0.1) is 0 Å². The zero-order valence-electron chi connectivity index (χ0n) is 11.6. The van der Waals surface area contributed by atoms with Gasteiger partial charge in [0.2, 0.25) is 0 Å². The number of nitrogens with one attached hydrogen (secondary N) is 1. The molecule has 1 aromatic carbocycles. The van der Waals surface area contributed by atoms with Gasteiger partial charge in [-0.25, -0.2) is 0 Å². The predicted molar refractivity (Wildman–Crippen MR) is 74.6 cm³/mol. The number of carbonyl (C=O) groups is 1. The molecule has 110 valence electrons. The molecule has 5 nitrogen and oxygen atoms in total. The molecule has 1 unspecified atom stereocenters. The molecule has 5 heteroatoms. The van der Waals surface area contributed by atoms with Crippen molar-refractivity contribution < 1.29 is 19.7 Å². The molecule has 1 atom stereocenters. The van der Waals surface area contributed by atoms with Crippen LogP contribution in [0.1, 0.15) is 25.3 Å². The minimum atomic E-state index is -1.01. The molecule has 0 amide bonds. The minimum Gasteiger partial charge on any atom is -0.491 e. The Bertz CT molecular complexity index is 473. The molecule has 1 aliphatic rings. The molecule has 0 bridgehead atoms. The van der Waals surface area contributed by atoms with E-state index in [1.165, 1.54) is 0 Å². The lowest BCUT2D eigenvalue weighted by Crippen LogP contribution is -2.58. The van der Waals surface area contributed by atoms with E-state index in [9.17, 15) is 9.90 Å². The van der Waals surface area contributed by atoms with Gasteiger partial charge in [0.1, 0.15) is 12.4 Å². The Balaban J connectivity index is 2.09. The lowest BCUT2D eigenvalue weighted by Gasteiger charge is -2.30. The highest BCUT2D eigenvalue weighted by Gasteiger charge is 2.51. The third-order valence-electron chi connectivity index (χ3n) is 3.70. The van der Waals surface area contributed by atoms with E-state index in [2.05, 4.69) is 5.32 Å². The monoisotopic (exact) mass is 279 g/mol. The molecule has 0 radical (unpaired) electrons. The summed E-state index contributed by atoms with van der Waals surface area (Å²) in [7, 11) is 0. The van der Waals surface area contributed by atoms with Gasteiger partial charge in [-0.3, -0.25) is 10.1 Å². The highest BCUT2D eigenvalue weighted by Crippen LogP contribution is 2.40. The molecule has 2 rings (SSSR count). The number of likely N-dealkylation sites (N-methyl/N-ethyl adjacent to an activating group) is 1. The summed E-state index contributed by atoms with van der Waals surface area (Å²) in [5.41, 5.74) is -0.262. The lowest BCUT2D eigenvalue weighted by molar-refractivity contribution is -0.147. The van der Waals surface area contributed by atoms with E-state index in [4.69, 9.17) is 9.84 Å². The van der Waals surface area contributed by atoms with E-state index >= 15 is 0 Å². The summed E-state index contributed by atoms with van der Waals surface area (Å²) >= 11 is 0. The Morgan fingerprint density at radius 3 is 2.80 bits per heavy atom. The molecule has 0 aliphatic heterocycles. The second-order valence-electron chi connectivity index (χ2n) is 5.18. The second kappa shape index (κ2) is 6.24. The van der Waals surface area contributed by atoms with Crippen LogP contribution in [0.25, 0.3) is 0 Å². The summed E-state index contributed by atoms with van der Waals surface area (Å²) in [6.45, 7) is 2.52. The summed E-state index contributed by atoms with van der Waals surface area (Å²) in [5.74, 6) is -0.151. The van der Waals surface area contributed by atoms with Gasteiger partial charge in [0.25, 0.3) is 0 Å². The van der Waals surface area contributed by atoms with Crippen LogP contribution in [0.5, 0.6) is 5.75 Å². The van der Waals surface area contributed by atoms with Crippen LogP contribution in [0, 0.1) is 5.92 Å². The Kier molecular flexibility index (Phi) is 4.62. The maximum absolute atomic E-state index is 11.7. The van der Waals surface area contributed by atoms with Gasteiger partial charge >= 0.3 is 5.97 Å². The number of benzene rings is 1. The van der Waals surface area contributed by atoms with Gasteiger partial charge in [0.15, 0.2) is 5.54 Å². The number of ether oxygens (including phenoxy) is 1. The number of aliphatic carboxylic acids is 1. The van der Waals surface area contributed by atoms with Crippen LogP contribution in [-0.2, 0) is 11.4 Å². The molecule has 20 heavy (non-hydrogen) atoms. The van der Waals surface area contributed by atoms with Gasteiger partial charge < -0.3 is 14.9 Å². The second-order valence-corrected chi connectivity index (χ2v) is 5.18. The van der Waals surface area contributed by atoms with Crippen molar-refractivity contribution in [1.82, 2.24) is 5.32 Å². The molecule has 1 aliphatic carbocycles. The van der Waals surface area contributed by atoms with E-state index in [0.717, 1.165) is 18.4 Å². The first-order valence-electron chi connectivity index (χ1n) is 6.93. The average Bonchev–Trinajstić information content (AvgIpc) is 3.28. The maximum atomic E-state index is 11.7. The fourth-order valence-electron chi connectivity index (χ4n) is 2.45. The summed E-state index contributed by atoms with van der Waals surface area (Å²) in [4.78, 5) is 11.7. The van der Waals surface area contributed by atoms with Crippen molar-refractivity contribution in [3.63, 3.8) is 0 Å². The van der Waals surface area contributed by atoms with Crippen LogP contribution >= 0.6 is 0 Å². The Hall–Kier alpha value is -1.59. The molecule has 1 fully saturated rings. The zero-order valence-corrected chi connectivity index (χ0v) is 11.6. The molecule has 0 aromatic heterocycles. The normalized spacial score (nSPS) is 17.5. The fraction of sp³-hybridized carbons (Fsp3) is 0.533. The summed E-state index contributed by atoms with van der Waals surface area (Å²) in [6.07, 6.45) is 1.83. The van der Waals surface area contributed by atoms with Crippen molar-refractivity contribution in [2.45, 2.75) is 31.9 Å². The molecule has 0 saturated heterocycles. The van der Waals surface area contributed by atoms with E-state index in [1.807, 2.05) is 6.92 Å². The Labute approximate surface area is 118 Å². The highest BCUT2D eigenvalue weighted by atomic mass is 16.5. The van der Waals surface area contributed by atoms with Gasteiger partial charge in [-0.05, 0) is 43.0 Å². The first-order valence-corrected chi connectivity index (χ1v) is 6.93. The van der Waals surface area contributed by atoms with Crippen LogP contribution < -0.4 is 10.1 Å². The molecule has 1 aromatic rings. The molecule has 0 heterocycles. The third-order valence-corrected chi connectivity index (χ3v) is 3.70. The van der Waals surface area contributed by atoms with Crippen molar-refractivity contribution in [2.75, 3.05) is 13.2 Å². The molecule has 3 N–H and O–H groups in total. The van der Waals surface area contributed by atoms with Crippen molar-refractivity contribution in [3.05, 3.63) is 29.8 Å². The maximum Gasteiger partial charge on any atom is 0.327 e. The first-order chi connectivity index (χ1) is 9.62. The summed E-state index contributed by atoms with van der Waals surface area (Å²) < 4.78 is 5.67. The molecular formula is C15H21NO4. The number of carboxylic acid groups (broad SMARTS) is 1. The standard InChI is InChI=1S/C15H21NO4/c1-2-16-15(14(18)19,12-6-7-12)10-20-13-5-3-4-11(8-13)9-17/h3-5,8,12,16-17H,2,6-7,9-10H2,1H3,(H,18,19). The number of carboxylic acids is 1. The number of aliphatic hydroxyl groups is 1. The Morgan fingerprint density at radius 2 is 2.25 bits per heavy atom. The highest BCUT2D eigenvalue weighted by molar-refractivity contribution is 5.80. The van der Waals surface area contributed by atoms with Gasteiger partial charge in [0, 0.05) is 0 Å². The van der Waals surface area contributed by atoms with E-state index in [0.29, 0.717) is 12.3 Å². The van der Waals surface area contributed by atoms with Crippen molar-refractivity contribution in [1.29, 1.82) is 0 Å². The van der Waals surface area contributed by atoms with E-state index in [-0.39, 0.29) is 19.1 Å². The molecule has 0 spiro atoms. The molecular weight excluding hydrogens is 258 g/mol. The topological polar surface area (TPSA) is 78.8 Å². The van der Waals surface area contributed by atoms with Gasteiger partial charge in [-0.2, -0.15) is 0 Å². The number of aliphatic hydroxyl groups excluding tert-OH is 1. The van der Waals surface area contributed by atoms with Crippen molar-refractivity contribution >= 4 is 5.97 Å². The lowest BCUT2D eigenvalue weighted by atomic mass is 9.94. The van der Waals surface area contributed by atoms with Crippen LogP contribution in [0.15, 0.2) is 24.3 Å². The Morgan fingerprint density at radius 1 is 1.50 bits per heavy atom. The van der Waals surface area contributed by atoms with Crippen LogP contribution in [0.4, 0.5) is 0 Å². The first kappa shape index (κ1) is 14.8. The smallest absolute Gasteiger partial charge is 0.327 e. The van der Waals surface area contributed by atoms with Crippen LogP contribution in [-0.4, -0.2) is 34.9 Å². The predicted octanol–water partition coefficient (Wildman–Crippen LogP) is 1.40. The molecule has 1 saturated carbocycles. The van der Waals surface area contributed by atoms with Crippen LogP contribution in [0.3, 0.4) is 0 Å². The number of hydrogen-bond acceptors (Lipinski definition) is 4. The van der Waals surface area contributed by atoms with Crippen molar-refractivity contribution in [2.24, 2.45) is 5.92 Å². The quantitative estimate of drug-likeness (QED) is 0.670. The average molecular weight is 279 g/mol. The largest absolute Gasteiger partial charge is 0.491 e.